The monoisotopic (exact) mass is 360 g/mol. The zero-order valence-electron chi connectivity index (χ0n) is 13.9. The van der Waals surface area contributed by atoms with Crippen LogP contribution in [-0.4, -0.2) is 46.2 Å². The van der Waals surface area contributed by atoms with Crippen molar-refractivity contribution >= 4 is 21.4 Å². The lowest BCUT2D eigenvalue weighted by atomic mass is 10.0. The summed E-state index contributed by atoms with van der Waals surface area (Å²) in [4.78, 5) is 0. The standard InChI is InChI=1S/C16H25ClN2O3S/c1-11-8-13(9-15(17)16(11)22-3)12(2)19-5-4-14-10-18-6-7-23(14,20)21/h8-9,12,14,18-19H,4-7,10H2,1-3H3. The third-order valence-electron chi connectivity index (χ3n) is 4.32. The Kier molecular flexibility index (Phi) is 6.31. The van der Waals surface area contributed by atoms with Crippen molar-refractivity contribution in [3.8, 4) is 5.75 Å². The molecule has 1 aliphatic heterocycles. The number of aryl methyl sites for hydroxylation is 1. The first kappa shape index (κ1) is 18.5. The van der Waals surface area contributed by atoms with Crippen LogP contribution in [0.1, 0.15) is 30.5 Å². The molecule has 0 spiro atoms. The Morgan fingerprint density at radius 1 is 1.48 bits per heavy atom. The molecule has 5 nitrogen and oxygen atoms in total. The molecule has 0 aliphatic carbocycles. The van der Waals surface area contributed by atoms with E-state index < -0.39 is 9.84 Å². The molecule has 0 aromatic heterocycles. The summed E-state index contributed by atoms with van der Waals surface area (Å²) < 4.78 is 29.2. The average molecular weight is 361 g/mol. The fourth-order valence-corrected chi connectivity index (χ4v) is 4.86. The number of halogens is 1. The van der Waals surface area contributed by atoms with Crippen LogP contribution in [0, 0.1) is 6.92 Å². The number of sulfone groups is 1. The Bertz CT molecular complexity index is 626. The lowest BCUT2D eigenvalue weighted by Gasteiger charge is -2.24. The molecule has 0 radical (unpaired) electrons. The molecule has 0 amide bonds. The minimum Gasteiger partial charge on any atom is -0.495 e. The molecule has 1 heterocycles. The fourth-order valence-electron chi connectivity index (χ4n) is 2.90. The number of benzene rings is 1. The SMILES string of the molecule is COc1c(C)cc(C(C)NCCC2CNCCS2(=O)=O)cc1Cl. The normalized spacial score (nSPS) is 21.8. The van der Waals surface area contributed by atoms with E-state index in [1.807, 2.05) is 26.0 Å². The van der Waals surface area contributed by atoms with Crippen molar-refractivity contribution in [2.45, 2.75) is 31.6 Å². The van der Waals surface area contributed by atoms with Gasteiger partial charge in [0.15, 0.2) is 9.84 Å². The number of methoxy groups -OCH3 is 1. The van der Waals surface area contributed by atoms with Gasteiger partial charge >= 0.3 is 0 Å². The van der Waals surface area contributed by atoms with Crippen molar-refractivity contribution < 1.29 is 13.2 Å². The molecule has 130 valence electrons. The summed E-state index contributed by atoms with van der Waals surface area (Å²) in [6.45, 7) is 5.76. The predicted octanol–water partition coefficient (Wildman–Crippen LogP) is 2.08. The van der Waals surface area contributed by atoms with Crippen molar-refractivity contribution in [3.05, 3.63) is 28.3 Å². The van der Waals surface area contributed by atoms with Gasteiger partial charge in [0.25, 0.3) is 0 Å². The van der Waals surface area contributed by atoms with Crippen LogP contribution in [0.3, 0.4) is 0 Å². The Morgan fingerprint density at radius 2 is 2.22 bits per heavy atom. The van der Waals surface area contributed by atoms with E-state index in [1.165, 1.54) is 0 Å². The van der Waals surface area contributed by atoms with Crippen LogP contribution in [0.15, 0.2) is 12.1 Å². The molecule has 1 fully saturated rings. The van der Waals surface area contributed by atoms with Crippen LogP contribution in [0.2, 0.25) is 5.02 Å². The van der Waals surface area contributed by atoms with Gasteiger partial charge in [-0.25, -0.2) is 8.42 Å². The number of ether oxygens (including phenoxy) is 1. The third kappa shape index (κ3) is 4.59. The van der Waals surface area contributed by atoms with Gasteiger partial charge in [-0.3, -0.25) is 0 Å². The van der Waals surface area contributed by atoms with Gasteiger partial charge in [0.2, 0.25) is 0 Å². The minimum absolute atomic E-state index is 0.0939. The summed E-state index contributed by atoms with van der Waals surface area (Å²) in [5, 5.41) is 6.83. The van der Waals surface area contributed by atoms with Gasteiger partial charge < -0.3 is 15.4 Å². The molecule has 2 rings (SSSR count). The molecule has 1 aliphatic rings. The van der Waals surface area contributed by atoms with Crippen LogP contribution in [0.25, 0.3) is 0 Å². The molecule has 0 saturated carbocycles. The van der Waals surface area contributed by atoms with E-state index in [9.17, 15) is 8.42 Å². The van der Waals surface area contributed by atoms with Gasteiger partial charge in [0, 0.05) is 19.1 Å². The Morgan fingerprint density at radius 3 is 2.83 bits per heavy atom. The second-order valence-corrected chi connectivity index (χ2v) is 8.82. The summed E-state index contributed by atoms with van der Waals surface area (Å²) in [7, 11) is -1.34. The van der Waals surface area contributed by atoms with E-state index in [2.05, 4.69) is 10.6 Å². The smallest absolute Gasteiger partial charge is 0.155 e. The molecular formula is C16H25ClN2O3S. The maximum Gasteiger partial charge on any atom is 0.155 e. The van der Waals surface area contributed by atoms with Gasteiger partial charge in [0.1, 0.15) is 5.75 Å². The maximum absolute atomic E-state index is 12.0. The van der Waals surface area contributed by atoms with E-state index in [-0.39, 0.29) is 17.0 Å². The minimum atomic E-state index is -2.95. The predicted molar refractivity (Wildman–Crippen MR) is 94.2 cm³/mol. The molecule has 1 aromatic rings. The molecular weight excluding hydrogens is 336 g/mol. The van der Waals surface area contributed by atoms with E-state index in [1.54, 1.807) is 7.11 Å². The quantitative estimate of drug-likeness (QED) is 0.813. The Labute approximate surface area is 143 Å². The highest BCUT2D eigenvalue weighted by molar-refractivity contribution is 7.92. The van der Waals surface area contributed by atoms with Gasteiger partial charge in [-0.2, -0.15) is 0 Å². The Hall–Kier alpha value is -0.820. The van der Waals surface area contributed by atoms with Crippen molar-refractivity contribution in [3.63, 3.8) is 0 Å². The first-order chi connectivity index (χ1) is 10.8. The van der Waals surface area contributed by atoms with E-state index in [4.69, 9.17) is 16.3 Å². The zero-order chi connectivity index (χ0) is 17.0. The maximum atomic E-state index is 12.0. The molecule has 2 unspecified atom stereocenters. The lowest BCUT2D eigenvalue weighted by molar-refractivity contribution is 0.411. The molecule has 0 bridgehead atoms. The molecule has 1 saturated heterocycles. The van der Waals surface area contributed by atoms with E-state index >= 15 is 0 Å². The highest BCUT2D eigenvalue weighted by atomic mass is 35.5. The van der Waals surface area contributed by atoms with Crippen LogP contribution < -0.4 is 15.4 Å². The number of rotatable bonds is 6. The first-order valence-electron chi connectivity index (χ1n) is 7.85. The van der Waals surface area contributed by atoms with E-state index in [0.29, 0.717) is 36.8 Å². The largest absolute Gasteiger partial charge is 0.495 e. The summed E-state index contributed by atoms with van der Waals surface area (Å²) in [6, 6.07) is 4.03. The summed E-state index contributed by atoms with van der Waals surface area (Å²) in [6.07, 6.45) is 0.614. The third-order valence-corrected chi connectivity index (χ3v) is 6.79. The fraction of sp³-hybridized carbons (Fsp3) is 0.625. The van der Waals surface area contributed by atoms with Gasteiger partial charge in [-0.05, 0) is 44.0 Å². The van der Waals surface area contributed by atoms with Crippen molar-refractivity contribution in [1.82, 2.24) is 10.6 Å². The highest BCUT2D eigenvalue weighted by Crippen LogP contribution is 2.31. The number of hydrogen-bond donors (Lipinski definition) is 2. The van der Waals surface area contributed by atoms with E-state index in [0.717, 1.165) is 11.1 Å². The van der Waals surface area contributed by atoms with Crippen LogP contribution in [0.4, 0.5) is 0 Å². The molecule has 2 atom stereocenters. The van der Waals surface area contributed by atoms with Crippen molar-refractivity contribution in [1.29, 1.82) is 0 Å². The second-order valence-electron chi connectivity index (χ2n) is 6.01. The molecule has 2 N–H and O–H groups in total. The molecule has 1 aromatic carbocycles. The van der Waals surface area contributed by atoms with Gasteiger partial charge in [0.05, 0.1) is 23.1 Å². The second kappa shape index (κ2) is 7.83. The topological polar surface area (TPSA) is 67.4 Å². The summed E-state index contributed by atoms with van der Waals surface area (Å²) in [5.41, 5.74) is 2.06. The van der Waals surface area contributed by atoms with Crippen LogP contribution in [-0.2, 0) is 9.84 Å². The van der Waals surface area contributed by atoms with Crippen molar-refractivity contribution in [2.24, 2.45) is 0 Å². The Balaban J connectivity index is 1.93. The van der Waals surface area contributed by atoms with Crippen LogP contribution >= 0.6 is 11.6 Å². The first-order valence-corrected chi connectivity index (χ1v) is 9.94. The summed E-state index contributed by atoms with van der Waals surface area (Å²) in [5.74, 6) is 0.933. The average Bonchev–Trinajstić information content (AvgIpc) is 2.48. The summed E-state index contributed by atoms with van der Waals surface area (Å²) >= 11 is 6.23. The van der Waals surface area contributed by atoms with Gasteiger partial charge in [-0.15, -0.1) is 0 Å². The van der Waals surface area contributed by atoms with Crippen LogP contribution in [0.5, 0.6) is 5.75 Å². The molecule has 7 heteroatoms. The van der Waals surface area contributed by atoms with Gasteiger partial charge in [-0.1, -0.05) is 17.7 Å². The zero-order valence-corrected chi connectivity index (χ0v) is 15.4. The molecule has 23 heavy (non-hydrogen) atoms. The number of hydrogen-bond acceptors (Lipinski definition) is 5. The van der Waals surface area contributed by atoms with Crippen molar-refractivity contribution in [2.75, 3.05) is 32.5 Å². The number of nitrogens with one attached hydrogen (secondary N) is 2. The lowest BCUT2D eigenvalue weighted by Crippen LogP contribution is -2.45. The highest BCUT2D eigenvalue weighted by Gasteiger charge is 2.28.